The van der Waals surface area contributed by atoms with Gasteiger partial charge in [0.25, 0.3) is 0 Å². The molecule has 0 aliphatic heterocycles. The molecule has 4 aromatic heterocycles. The number of aromatic amines is 2. The summed E-state index contributed by atoms with van der Waals surface area (Å²) in [6.07, 6.45) is 7.65. The SMILES string of the molecule is CS(=O)(=O)CCc1cc(F)cc(-c2ccnc3nc(-c4n[nH]c5cc(F)c(-c6cncc(NC(=O)C7CC7)c6)cc45)[nH]c23)c1. The number of hydrogen-bond donors (Lipinski definition) is 3. The van der Waals surface area contributed by atoms with E-state index in [0.29, 0.717) is 61.5 Å². The van der Waals surface area contributed by atoms with Crippen molar-refractivity contribution >= 4 is 43.5 Å². The number of H-pyrrole nitrogens is 2. The fourth-order valence-corrected chi connectivity index (χ4v) is 5.81. The molecule has 222 valence electrons. The van der Waals surface area contributed by atoms with E-state index in [1.54, 1.807) is 30.5 Å². The molecular weight excluding hydrogens is 588 g/mol. The number of fused-ring (bicyclic) bond motifs is 2. The van der Waals surface area contributed by atoms with Crippen molar-refractivity contribution in [3.63, 3.8) is 0 Å². The second-order valence-corrected chi connectivity index (χ2v) is 13.3. The number of amides is 1. The van der Waals surface area contributed by atoms with Gasteiger partial charge in [-0.3, -0.25) is 14.9 Å². The van der Waals surface area contributed by atoms with E-state index in [4.69, 9.17) is 0 Å². The van der Waals surface area contributed by atoms with Crippen LogP contribution in [-0.2, 0) is 21.1 Å². The third kappa shape index (κ3) is 5.53. The van der Waals surface area contributed by atoms with Gasteiger partial charge in [-0.25, -0.2) is 27.2 Å². The molecule has 1 amide bonds. The van der Waals surface area contributed by atoms with Crippen LogP contribution in [0.1, 0.15) is 18.4 Å². The molecule has 0 atom stereocenters. The van der Waals surface area contributed by atoms with Crippen molar-refractivity contribution in [2.45, 2.75) is 19.3 Å². The minimum atomic E-state index is -3.22. The lowest BCUT2D eigenvalue weighted by Crippen LogP contribution is -2.13. The van der Waals surface area contributed by atoms with Crippen molar-refractivity contribution in [3.05, 3.63) is 78.3 Å². The Morgan fingerprint density at radius 2 is 1.89 bits per heavy atom. The van der Waals surface area contributed by atoms with Gasteiger partial charge in [-0.15, -0.1) is 0 Å². The Kier molecular flexibility index (Phi) is 6.69. The number of carbonyl (C=O) groups excluding carboxylic acids is 1. The van der Waals surface area contributed by atoms with Gasteiger partial charge >= 0.3 is 0 Å². The predicted molar refractivity (Wildman–Crippen MR) is 162 cm³/mol. The molecule has 1 aliphatic carbocycles. The van der Waals surface area contributed by atoms with Crippen LogP contribution in [0.5, 0.6) is 0 Å². The van der Waals surface area contributed by atoms with Gasteiger partial charge in [0.1, 0.15) is 27.2 Å². The van der Waals surface area contributed by atoms with E-state index in [9.17, 15) is 17.6 Å². The molecule has 3 N–H and O–H groups in total. The second kappa shape index (κ2) is 10.6. The van der Waals surface area contributed by atoms with E-state index in [-0.39, 0.29) is 29.6 Å². The first-order chi connectivity index (χ1) is 21.1. The van der Waals surface area contributed by atoms with Crippen molar-refractivity contribution in [3.8, 4) is 33.8 Å². The van der Waals surface area contributed by atoms with Crippen molar-refractivity contribution in [2.24, 2.45) is 5.92 Å². The Morgan fingerprint density at radius 1 is 1.05 bits per heavy atom. The van der Waals surface area contributed by atoms with Crippen LogP contribution in [0.3, 0.4) is 0 Å². The third-order valence-electron chi connectivity index (χ3n) is 7.56. The van der Waals surface area contributed by atoms with Gasteiger partial charge in [0.2, 0.25) is 5.91 Å². The number of carbonyl (C=O) groups is 1. The van der Waals surface area contributed by atoms with Crippen LogP contribution < -0.4 is 5.32 Å². The van der Waals surface area contributed by atoms with Gasteiger partial charge in [-0.1, -0.05) is 6.07 Å². The number of nitrogens with zero attached hydrogens (tertiary/aromatic N) is 4. The summed E-state index contributed by atoms with van der Waals surface area (Å²) in [6.45, 7) is 0. The summed E-state index contributed by atoms with van der Waals surface area (Å²) >= 11 is 0. The first-order valence-corrected chi connectivity index (χ1v) is 15.9. The molecule has 1 fully saturated rings. The Balaban J connectivity index is 1.27. The first kappa shape index (κ1) is 27.8. The van der Waals surface area contributed by atoms with Gasteiger partial charge in [-0.05, 0) is 60.7 Å². The lowest BCUT2D eigenvalue weighted by molar-refractivity contribution is -0.117. The minimum Gasteiger partial charge on any atom is -0.335 e. The van der Waals surface area contributed by atoms with E-state index in [0.717, 1.165) is 19.1 Å². The predicted octanol–water partition coefficient (Wildman–Crippen LogP) is 5.44. The maximum atomic E-state index is 15.3. The molecule has 7 rings (SSSR count). The zero-order valence-electron chi connectivity index (χ0n) is 23.4. The monoisotopic (exact) mass is 613 g/mol. The number of hydrogen-bond acceptors (Lipinski definition) is 7. The molecule has 0 spiro atoms. The summed E-state index contributed by atoms with van der Waals surface area (Å²) in [4.78, 5) is 28.7. The van der Waals surface area contributed by atoms with Crippen molar-refractivity contribution in [2.75, 3.05) is 17.3 Å². The Morgan fingerprint density at radius 3 is 2.68 bits per heavy atom. The summed E-state index contributed by atoms with van der Waals surface area (Å²) in [6, 6.07) is 10.8. The summed E-state index contributed by atoms with van der Waals surface area (Å²) < 4.78 is 53.2. The number of imidazole rings is 1. The molecule has 1 saturated carbocycles. The second-order valence-electron chi connectivity index (χ2n) is 11.0. The van der Waals surface area contributed by atoms with E-state index >= 15 is 4.39 Å². The zero-order valence-corrected chi connectivity index (χ0v) is 24.2. The molecule has 10 nitrogen and oxygen atoms in total. The maximum absolute atomic E-state index is 15.3. The van der Waals surface area contributed by atoms with E-state index < -0.39 is 21.5 Å². The molecule has 4 heterocycles. The van der Waals surface area contributed by atoms with E-state index in [1.165, 1.54) is 30.6 Å². The van der Waals surface area contributed by atoms with Gasteiger partial charge in [-0.2, -0.15) is 5.10 Å². The standard InChI is InChI=1S/C31H25F2N7O3S/c1-44(42,43)7-5-16-8-18(10-20(32)9-16)22-4-6-35-29-27(22)37-30(38-29)28-24-12-23(25(33)13-26(24)39-40-28)19-11-21(15-34-14-19)36-31(41)17-2-3-17/h4,6,8-15,17H,2-3,5,7H2,1H3,(H,36,41)(H,39,40)(H,35,37,38). The van der Waals surface area contributed by atoms with E-state index in [2.05, 4.69) is 35.5 Å². The maximum Gasteiger partial charge on any atom is 0.227 e. The van der Waals surface area contributed by atoms with Crippen LogP contribution in [0.25, 0.3) is 55.8 Å². The number of nitrogens with one attached hydrogen (secondary N) is 3. The Bertz CT molecular complexity index is 2210. The lowest BCUT2D eigenvalue weighted by Gasteiger charge is -2.08. The highest BCUT2D eigenvalue weighted by Crippen LogP contribution is 2.35. The van der Waals surface area contributed by atoms with Gasteiger partial charge in [0.05, 0.1) is 28.7 Å². The van der Waals surface area contributed by atoms with E-state index in [1.807, 2.05) is 0 Å². The molecule has 13 heteroatoms. The number of aromatic nitrogens is 6. The number of benzene rings is 2. The third-order valence-corrected chi connectivity index (χ3v) is 8.51. The topological polar surface area (TPSA) is 146 Å². The fourth-order valence-electron chi connectivity index (χ4n) is 5.20. The van der Waals surface area contributed by atoms with Crippen LogP contribution in [-0.4, -0.2) is 56.5 Å². The smallest absolute Gasteiger partial charge is 0.227 e. The highest BCUT2D eigenvalue weighted by atomic mass is 32.2. The van der Waals surface area contributed by atoms with Crippen molar-refractivity contribution < 1.29 is 22.0 Å². The first-order valence-electron chi connectivity index (χ1n) is 13.9. The van der Waals surface area contributed by atoms with Crippen LogP contribution in [0.2, 0.25) is 0 Å². The van der Waals surface area contributed by atoms with Gasteiger partial charge in [0.15, 0.2) is 11.5 Å². The molecule has 0 saturated heterocycles. The fraction of sp³-hybridized carbons (Fsp3) is 0.194. The number of aryl methyl sites for hydroxylation is 1. The Hall–Kier alpha value is -5.04. The number of pyridine rings is 2. The summed E-state index contributed by atoms with van der Waals surface area (Å²) in [5, 5.41) is 10.7. The largest absolute Gasteiger partial charge is 0.335 e. The molecule has 0 bridgehead atoms. The number of rotatable bonds is 8. The summed E-state index contributed by atoms with van der Waals surface area (Å²) in [5.74, 6) is -0.776. The average molecular weight is 614 g/mol. The molecule has 0 radical (unpaired) electrons. The van der Waals surface area contributed by atoms with Crippen molar-refractivity contribution in [1.29, 1.82) is 0 Å². The van der Waals surface area contributed by atoms with Crippen LogP contribution in [0.15, 0.2) is 61.1 Å². The molecule has 44 heavy (non-hydrogen) atoms. The Labute approximate surface area is 249 Å². The van der Waals surface area contributed by atoms with Gasteiger partial charge in [0, 0.05) is 52.7 Å². The van der Waals surface area contributed by atoms with Crippen LogP contribution in [0.4, 0.5) is 14.5 Å². The number of halogens is 2. The van der Waals surface area contributed by atoms with Crippen LogP contribution >= 0.6 is 0 Å². The number of anilines is 1. The van der Waals surface area contributed by atoms with Gasteiger partial charge < -0.3 is 10.3 Å². The zero-order chi connectivity index (χ0) is 30.6. The van der Waals surface area contributed by atoms with Crippen LogP contribution in [0, 0.1) is 17.6 Å². The minimum absolute atomic E-state index is 0.0156. The quantitative estimate of drug-likeness (QED) is 0.207. The summed E-state index contributed by atoms with van der Waals surface area (Å²) in [5.41, 5.74) is 4.71. The summed E-state index contributed by atoms with van der Waals surface area (Å²) in [7, 11) is -3.22. The van der Waals surface area contributed by atoms with Crippen molar-refractivity contribution in [1.82, 2.24) is 30.1 Å². The number of sulfone groups is 1. The molecular formula is C31H25F2N7O3S. The normalized spacial score (nSPS) is 13.5. The average Bonchev–Trinajstić information content (AvgIpc) is 3.62. The lowest BCUT2D eigenvalue weighted by atomic mass is 10.0. The molecule has 0 unspecified atom stereocenters. The molecule has 2 aromatic carbocycles. The molecule has 6 aromatic rings. The highest BCUT2D eigenvalue weighted by Gasteiger charge is 2.29. The molecule has 1 aliphatic rings. The highest BCUT2D eigenvalue weighted by molar-refractivity contribution is 7.90.